The number of sulfonamides is 1. The maximum atomic E-state index is 12.7. The summed E-state index contributed by atoms with van der Waals surface area (Å²) in [5.41, 5.74) is 0.0908. The van der Waals surface area contributed by atoms with Crippen LogP contribution in [-0.2, 0) is 16.6 Å². The maximum absolute atomic E-state index is 12.7. The first-order chi connectivity index (χ1) is 10.8. The number of nitro benzene ring substituents is 1. The van der Waals surface area contributed by atoms with Gasteiger partial charge in [-0.05, 0) is 13.0 Å². The summed E-state index contributed by atoms with van der Waals surface area (Å²) in [6.45, 7) is 1.65. The molecular weight excluding hydrogens is 326 g/mol. The van der Waals surface area contributed by atoms with Crippen LogP contribution in [0.25, 0.3) is 0 Å². The molecule has 1 aromatic heterocycles. The lowest BCUT2D eigenvalue weighted by atomic mass is 10.3. The van der Waals surface area contributed by atoms with Crippen LogP contribution in [0.3, 0.4) is 0 Å². The summed E-state index contributed by atoms with van der Waals surface area (Å²) in [6, 6.07) is 5.01. The van der Waals surface area contributed by atoms with E-state index in [1.165, 1.54) is 26.3 Å². The normalized spacial score (nSPS) is 11.7. The largest absolute Gasteiger partial charge is 0.495 e. The lowest BCUT2D eigenvalue weighted by molar-refractivity contribution is -0.385. The molecule has 0 N–H and O–H groups in total. The monoisotopic (exact) mass is 341 g/mol. The van der Waals surface area contributed by atoms with E-state index in [0.29, 0.717) is 11.5 Å². The van der Waals surface area contributed by atoms with E-state index in [-0.39, 0.29) is 22.9 Å². The zero-order valence-corrected chi connectivity index (χ0v) is 13.5. The maximum Gasteiger partial charge on any atom is 0.271 e. The molecule has 10 heteroatoms. The number of benzene rings is 1. The number of non-ortho nitro benzene ring substituents is 1. The summed E-state index contributed by atoms with van der Waals surface area (Å²) in [4.78, 5) is 9.93. The summed E-state index contributed by atoms with van der Waals surface area (Å²) < 4.78 is 36.2. The highest BCUT2D eigenvalue weighted by molar-refractivity contribution is 7.89. The number of nitro groups is 1. The Bertz CT molecular complexity index is 830. The molecule has 2 rings (SSSR count). The van der Waals surface area contributed by atoms with Gasteiger partial charge in [-0.25, -0.2) is 8.42 Å². The van der Waals surface area contributed by atoms with Crippen molar-refractivity contribution in [3.05, 3.63) is 45.8 Å². The Hall–Kier alpha value is -2.46. The Morgan fingerprint density at radius 3 is 2.61 bits per heavy atom. The number of hydrogen-bond donors (Lipinski definition) is 0. The van der Waals surface area contributed by atoms with Crippen molar-refractivity contribution in [2.45, 2.75) is 18.4 Å². The van der Waals surface area contributed by atoms with E-state index < -0.39 is 14.9 Å². The molecule has 0 unspecified atom stereocenters. The standard InChI is InChI=1S/C13H15N3O6S/c1-9-6-10(14-22-9)8-15(2)23(19,20)13-7-11(16(17)18)4-5-12(13)21-3/h4-7H,8H2,1-3H3. The first kappa shape index (κ1) is 16.9. The third-order valence-corrected chi connectivity index (χ3v) is 4.93. The van der Waals surface area contributed by atoms with Crippen molar-refractivity contribution in [2.24, 2.45) is 0 Å². The first-order valence-electron chi connectivity index (χ1n) is 6.46. The van der Waals surface area contributed by atoms with Crippen molar-refractivity contribution in [1.82, 2.24) is 9.46 Å². The summed E-state index contributed by atoms with van der Waals surface area (Å²) in [5.74, 6) is 0.581. The third-order valence-electron chi connectivity index (χ3n) is 3.11. The molecule has 9 nitrogen and oxygen atoms in total. The predicted octanol–water partition coefficient (Wildman–Crippen LogP) is 1.72. The van der Waals surface area contributed by atoms with Crippen molar-refractivity contribution in [2.75, 3.05) is 14.2 Å². The van der Waals surface area contributed by atoms with Crippen LogP contribution < -0.4 is 4.74 Å². The molecule has 0 fully saturated rings. The van der Waals surface area contributed by atoms with Crippen LogP contribution in [0, 0.1) is 17.0 Å². The van der Waals surface area contributed by atoms with Crippen LogP contribution in [0.1, 0.15) is 11.5 Å². The second kappa shape index (κ2) is 6.34. The van der Waals surface area contributed by atoms with E-state index >= 15 is 0 Å². The Morgan fingerprint density at radius 1 is 1.39 bits per heavy atom. The molecule has 0 amide bonds. The average molecular weight is 341 g/mol. The highest BCUT2D eigenvalue weighted by Gasteiger charge is 2.28. The van der Waals surface area contributed by atoms with E-state index in [2.05, 4.69) is 5.16 Å². The van der Waals surface area contributed by atoms with Crippen LogP contribution >= 0.6 is 0 Å². The Kier molecular flexibility index (Phi) is 4.66. The van der Waals surface area contributed by atoms with Gasteiger partial charge in [0.25, 0.3) is 5.69 Å². The summed E-state index contributed by atoms with van der Waals surface area (Å²) >= 11 is 0. The minimum atomic E-state index is -4.00. The number of methoxy groups -OCH3 is 1. The van der Waals surface area contributed by atoms with Crippen molar-refractivity contribution in [1.29, 1.82) is 0 Å². The minimum Gasteiger partial charge on any atom is -0.495 e. The van der Waals surface area contributed by atoms with Gasteiger partial charge in [-0.3, -0.25) is 10.1 Å². The summed E-state index contributed by atoms with van der Waals surface area (Å²) in [5, 5.41) is 14.6. The number of hydrogen-bond acceptors (Lipinski definition) is 7. The van der Waals surface area contributed by atoms with E-state index in [0.717, 1.165) is 10.4 Å². The second-order valence-corrected chi connectivity index (χ2v) is 6.80. The van der Waals surface area contributed by atoms with Gasteiger partial charge < -0.3 is 9.26 Å². The molecule has 2 aromatic rings. The molecule has 0 aliphatic carbocycles. The van der Waals surface area contributed by atoms with Gasteiger partial charge in [-0.1, -0.05) is 5.16 Å². The zero-order chi connectivity index (χ0) is 17.2. The second-order valence-electron chi connectivity index (χ2n) is 4.78. The van der Waals surface area contributed by atoms with Crippen molar-refractivity contribution in [3.8, 4) is 5.75 Å². The molecular formula is C13H15N3O6S. The van der Waals surface area contributed by atoms with Crippen LogP contribution in [-0.4, -0.2) is 37.0 Å². The Labute approximate surface area is 132 Å². The molecule has 0 saturated carbocycles. The fraction of sp³-hybridized carbons (Fsp3) is 0.308. The lowest BCUT2D eigenvalue weighted by Crippen LogP contribution is -2.27. The van der Waals surface area contributed by atoms with Gasteiger partial charge in [-0.2, -0.15) is 4.31 Å². The van der Waals surface area contributed by atoms with Crippen molar-refractivity contribution >= 4 is 15.7 Å². The van der Waals surface area contributed by atoms with Crippen LogP contribution in [0.2, 0.25) is 0 Å². The fourth-order valence-electron chi connectivity index (χ4n) is 1.95. The lowest BCUT2D eigenvalue weighted by Gasteiger charge is -2.17. The van der Waals surface area contributed by atoms with Gasteiger partial charge in [0.1, 0.15) is 16.4 Å². The molecule has 0 spiro atoms. The number of rotatable bonds is 6. The molecule has 0 aliphatic heterocycles. The van der Waals surface area contributed by atoms with Gasteiger partial charge in [0.2, 0.25) is 10.0 Å². The van der Waals surface area contributed by atoms with Gasteiger partial charge >= 0.3 is 0 Å². The van der Waals surface area contributed by atoms with Crippen molar-refractivity contribution in [3.63, 3.8) is 0 Å². The van der Waals surface area contributed by atoms with E-state index in [4.69, 9.17) is 9.26 Å². The fourth-order valence-corrected chi connectivity index (χ4v) is 3.27. The highest BCUT2D eigenvalue weighted by Crippen LogP contribution is 2.30. The first-order valence-corrected chi connectivity index (χ1v) is 7.90. The molecule has 0 atom stereocenters. The summed E-state index contributed by atoms with van der Waals surface area (Å²) in [7, 11) is -1.37. The Morgan fingerprint density at radius 2 is 2.09 bits per heavy atom. The number of aryl methyl sites for hydroxylation is 1. The smallest absolute Gasteiger partial charge is 0.271 e. The van der Waals surface area contributed by atoms with E-state index in [1.54, 1.807) is 13.0 Å². The van der Waals surface area contributed by atoms with Gasteiger partial charge in [0, 0.05) is 25.2 Å². The molecule has 0 radical (unpaired) electrons. The zero-order valence-electron chi connectivity index (χ0n) is 12.7. The highest BCUT2D eigenvalue weighted by atomic mass is 32.2. The minimum absolute atomic E-state index is 0.0267. The average Bonchev–Trinajstić information content (AvgIpc) is 2.91. The quantitative estimate of drug-likeness (QED) is 0.580. The number of nitrogens with zero attached hydrogens (tertiary/aromatic N) is 3. The SMILES string of the molecule is COc1ccc([N+](=O)[O-])cc1S(=O)(=O)N(C)Cc1cc(C)on1. The van der Waals surface area contributed by atoms with Crippen LogP contribution in [0.4, 0.5) is 5.69 Å². The molecule has 0 bridgehead atoms. The van der Waals surface area contributed by atoms with Crippen molar-refractivity contribution < 1.29 is 22.6 Å². The van der Waals surface area contributed by atoms with Gasteiger partial charge in [-0.15, -0.1) is 0 Å². The van der Waals surface area contributed by atoms with Gasteiger partial charge in [0.05, 0.1) is 24.3 Å². The van der Waals surface area contributed by atoms with E-state index in [9.17, 15) is 18.5 Å². The molecule has 23 heavy (non-hydrogen) atoms. The molecule has 124 valence electrons. The molecule has 1 heterocycles. The summed E-state index contributed by atoms with van der Waals surface area (Å²) in [6.07, 6.45) is 0. The topological polar surface area (TPSA) is 116 Å². The van der Waals surface area contributed by atoms with Crippen LogP contribution in [0.5, 0.6) is 5.75 Å². The van der Waals surface area contributed by atoms with E-state index in [1.807, 2.05) is 0 Å². The molecule has 1 aromatic carbocycles. The number of aromatic nitrogens is 1. The van der Waals surface area contributed by atoms with Crippen LogP contribution in [0.15, 0.2) is 33.7 Å². The third kappa shape index (κ3) is 3.48. The Balaban J connectivity index is 2.41. The van der Waals surface area contributed by atoms with Gasteiger partial charge in [0.15, 0.2) is 0 Å². The molecule has 0 aliphatic rings. The molecule has 0 saturated heterocycles. The predicted molar refractivity (Wildman–Crippen MR) is 79.5 cm³/mol. The number of ether oxygens (including phenoxy) is 1.